The summed E-state index contributed by atoms with van der Waals surface area (Å²) in [6.07, 6.45) is 2.38. The lowest BCUT2D eigenvalue weighted by molar-refractivity contribution is -0.137. The van der Waals surface area contributed by atoms with E-state index in [2.05, 4.69) is 0 Å². The summed E-state index contributed by atoms with van der Waals surface area (Å²) in [7, 11) is 0. The molecule has 0 saturated carbocycles. The van der Waals surface area contributed by atoms with Gasteiger partial charge in [0.05, 0.1) is 6.04 Å². The first-order valence-corrected chi connectivity index (χ1v) is 5.37. The number of Topliss-reactive ketones (excluding diaryl/α,β-unsaturated/α-hetero) is 1. The summed E-state index contributed by atoms with van der Waals surface area (Å²) < 4.78 is 0. The van der Waals surface area contributed by atoms with Crippen LogP contribution in [0.5, 0.6) is 0 Å². The van der Waals surface area contributed by atoms with E-state index >= 15 is 0 Å². The van der Waals surface area contributed by atoms with Crippen LogP contribution < -0.4 is 0 Å². The van der Waals surface area contributed by atoms with Gasteiger partial charge in [-0.3, -0.25) is 9.59 Å². The summed E-state index contributed by atoms with van der Waals surface area (Å²) in [5, 5.41) is 0. The van der Waals surface area contributed by atoms with Crippen molar-refractivity contribution in [3.63, 3.8) is 0 Å². The topological polar surface area (TPSA) is 37.4 Å². The molecule has 1 saturated heterocycles. The van der Waals surface area contributed by atoms with Crippen molar-refractivity contribution < 1.29 is 9.59 Å². The Morgan fingerprint density at radius 3 is 2.57 bits per heavy atom. The van der Waals surface area contributed by atoms with E-state index in [1.54, 1.807) is 11.8 Å². The van der Waals surface area contributed by atoms with E-state index < -0.39 is 0 Å². The predicted molar refractivity (Wildman–Crippen MR) is 54.9 cm³/mol. The molecule has 0 N–H and O–H groups in total. The Kier molecular flexibility index (Phi) is 3.67. The van der Waals surface area contributed by atoms with Gasteiger partial charge in [0.1, 0.15) is 0 Å². The number of ketones is 1. The first-order chi connectivity index (χ1) is 6.57. The Morgan fingerprint density at radius 1 is 1.43 bits per heavy atom. The normalized spacial score (nSPS) is 26.6. The number of amides is 1. The van der Waals surface area contributed by atoms with Gasteiger partial charge < -0.3 is 4.90 Å². The SMILES string of the molecule is CCCC(=O)N1CC[C@@H](C)[C@H]1C(C)=O. The molecule has 0 unspecified atom stereocenters. The van der Waals surface area contributed by atoms with Crippen molar-refractivity contribution in [2.45, 2.75) is 46.1 Å². The maximum atomic E-state index is 11.7. The van der Waals surface area contributed by atoms with Crippen LogP contribution in [0.2, 0.25) is 0 Å². The highest BCUT2D eigenvalue weighted by Crippen LogP contribution is 2.25. The number of likely N-dealkylation sites (tertiary alicyclic amines) is 1. The van der Waals surface area contributed by atoms with Crippen LogP contribution in [0.3, 0.4) is 0 Å². The zero-order valence-corrected chi connectivity index (χ0v) is 9.25. The third-order valence-electron chi connectivity index (χ3n) is 2.90. The molecule has 3 nitrogen and oxygen atoms in total. The average molecular weight is 197 g/mol. The van der Waals surface area contributed by atoms with E-state index in [9.17, 15) is 9.59 Å². The van der Waals surface area contributed by atoms with Crippen LogP contribution in [-0.4, -0.2) is 29.2 Å². The number of hydrogen-bond donors (Lipinski definition) is 0. The zero-order chi connectivity index (χ0) is 10.7. The van der Waals surface area contributed by atoms with Crippen molar-refractivity contribution in [3.8, 4) is 0 Å². The summed E-state index contributed by atoms with van der Waals surface area (Å²) in [6, 6.07) is -0.158. The van der Waals surface area contributed by atoms with Crippen molar-refractivity contribution in [1.29, 1.82) is 0 Å². The first-order valence-electron chi connectivity index (χ1n) is 5.37. The average Bonchev–Trinajstić information content (AvgIpc) is 2.47. The molecule has 1 rings (SSSR count). The Hall–Kier alpha value is -0.860. The number of hydrogen-bond acceptors (Lipinski definition) is 2. The number of rotatable bonds is 3. The third-order valence-corrected chi connectivity index (χ3v) is 2.90. The van der Waals surface area contributed by atoms with Gasteiger partial charge in [-0.2, -0.15) is 0 Å². The lowest BCUT2D eigenvalue weighted by atomic mass is 10.00. The second-order valence-electron chi connectivity index (χ2n) is 4.16. The van der Waals surface area contributed by atoms with Gasteiger partial charge in [-0.15, -0.1) is 0 Å². The van der Waals surface area contributed by atoms with Gasteiger partial charge in [-0.1, -0.05) is 13.8 Å². The lowest BCUT2D eigenvalue weighted by Crippen LogP contribution is -2.41. The lowest BCUT2D eigenvalue weighted by Gasteiger charge is -2.24. The molecule has 2 atom stereocenters. The molecule has 1 fully saturated rings. The van der Waals surface area contributed by atoms with E-state index in [-0.39, 0.29) is 17.7 Å². The molecule has 1 aliphatic heterocycles. The maximum absolute atomic E-state index is 11.7. The van der Waals surface area contributed by atoms with Crippen LogP contribution in [0.15, 0.2) is 0 Å². The molecule has 0 aromatic heterocycles. The van der Waals surface area contributed by atoms with Crippen LogP contribution in [0, 0.1) is 5.92 Å². The van der Waals surface area contributed by atoms with E-state index in [0.29, 0.717) is 12.3 Å². The monoisotopic (exact) mass is 197 g/mol. The molecule has 0 aromatic carbocycles. The van der Waals surface area contributed by atoms with Crippen LogP contribution >= 0.6 is 0 Å². The van der Waals surface area contributed by atoms with E-state index in [0.717, 1.165) is 19.4 Å². The molecular formula is C11H19NO2. The Morgan fingerprint density at radius 2 is 2.07 bits per heavy atom. The molecule has 14 heavy (non-hydrogen) atoms. The van der Waals surface area contributed by atoms with E-state index in [1.165, 1.54) is 0 Å². The molecular weight excluding hydrogens is 178 g/mol. The minimum atomic E-state index is -0.158. The molecule has 80 valence electrons. The standard InChI is InChI=1S/C11H19NO2/c1-4-5-10(14)12-7-6-8(2)11(12)9(3)13/h8,11H,4-7H2,1-3H3/t8-,11+/m1/s1. The van der Waals surface area contributed by atoms with E-state index in [1.807, 2.05) is 13.8 Å². The Labute approximate surface area is 85.5 Å². The minimum absolute atomic E-state index is 0.124. The highest BCUT2D eigenvalue weighted by atomic mass is 16.2. The fraction of sp³-hybridized carbons (Fsp3) is 0.818. The van der Waals surface area contributed by atoms with Crippen molar-refractivity contribution in [2.75, 3.05) is 6.54 Å². The van der Waals surface area contributed by atoms with Gasteiger partial charge in [0.25, 0.3) is 0 Å². The van der Waals surface area contributed by atoms with Crippen molar-refractivity contribution in [1.82, 2.24) is 4.90 Å². The highest BCUT2D eigenvalue weighted by molar-refractivity contribution is 5.88. The van der Waals surface area contributed by atoms with Crippen molar-refractivity contribution in [3.05, 3.63) is 0 Å². The van der Waals surface area contributed by atoms with Gasteiger partial charge in [-0.05, 0) is 25.7 Å². The predicted octanol–water partition coefficient (Wildman–Crippen LogP) is 1.61. The molecule has 0 spiro atoms. The van der Waals surface area contributed by atoms with Crippen molar-refractivity contribution >= 4 is 11.7 Å². The molecule has 3 heteroatoms. The van der Waals surface area contributed by atoms with Gasteiger partial charge in [0.2, 0.25) is 5.91 Å². The quantitative estimate of drug-likeness (QED) is 0.689. The van der Waals surface area contributed by atoms with Gasteiger partial charge in [0.15, 0.2) is 5.78 Å². The van der Waals surface area contributed by atoms with Crippen molar-refractivity contribution in [2.24, 2.45) is 5.92 Å². The maximum Gasteiger partial charge on any atom is 0.223 e. The zero-order valence-electron chi connectivity index (χ0n) is 9.25. The molecule has 0 radical (unpaired) electrons. The van der Waals surface area contributed by atoms with Crippen LogP contribution in [-0.2, 0) is 9.59 Å². The number of carbonyl (C=O) groups is 2. The summed E-state index contributed by atoms with van der Waals surface area (Å²) in [4.78, 5) is 24.8. The summed E-state index contributed by atoms with van der Waals surface area (Å²) in [5.41, 5.74) is 0. The summed E-state index contributed by atoms with van der Waals surface area (Å²) in [5.74, 6) is 0.588. The van der Waals surface area contributed by atoms with Crippen LogP contribution in [0.25, 0.3) is 0 Å². The van der Waals surface area contributed by atoms with Crippen LogP contribution in [0.1, 0.15) is 40.0 Å². The van der Waals surface area contributed by atoms with E-state index in [4.69, 9.17) is 0 Å². The second kappa shape index (κ2) is 4.58. The Bertz CT molecular complexity index is 237. The summed E-state index contributed by atoms with van der Waals surface area (Å²) >= 11 is 0. The van der Waals surface area contributed by atoms with Crippen LogP contribution in [0.4, 0.5) is 0 Å². The third kappa shape index (κ3) is 2.14. The Balaban J connectivity index is 2.69. The second-order valence-corrected chi connectivity index (χ2v) is 4.16. The molecule has 1 heterocycles. The molecule has 1 aliphatic rings. The first kappa shape index (κ1) is 11.2. The highest BCUT2D eigenvalue weighted by Gasteiger charge is 2.36. The van der Waals surface area contributed by atoms with Gasteiger partial charge in [-0.25, -0.2) is 0 Å². The fourth-order valence-corrected chi connectivity index (χ4v) is 2.20. The molecule has 0 aromatic rings. The molecule has 0 bridgehead atoms. The fourth-order valence-electron chi connectivity index (χ4n) is 2.20. The largest absolute Gasteiger partial charge is 0.332 e. The summed E-state index contributed by atoms with van der Waals surface area (Å²) in [6.45, 7) is 6.37. The molecule has 1 amide bonds. The number of nitrogens with zero attached hydrogens (tertiary/aromatic N) is 1. The number of carbonyl (C=O) groups excluding carboxylic acids is 2. The smallest absolute Gasteiger partial charge is 0.223 e. The molecule has 0 aliphatic carbocycles. The van der Waals surface area contributed by atoms with Gasteiger partial charge >= 0.3 is 0 Å². The minimum Gasteiger partial charge on any atom is -0.332 e. The van der Waals surface area contributed by atoms with Gasteiger partial charge in [0, 0.05) is 13.0 Å².